The van der Waals surface area contributed by atoms with Gasteiger partial charge in [-0.3, -0.25) is 0 Å². The molecule has 1 aliphatic rings. The highest BCUT2D eigenvalue weighted by Crippen LogP contribution is 2.37. The molecule has 2 aromatic heterocycles. The third-order valence-corrected chi connectivity index (χ3v) is 6.11. The van der Waals surface area contributed by atoms with Crippen LogP contribution in [0.15, 0.2) is 22.0 Å². The summed E-state index contributed by atoms with van der Waals surface area (Å²) in [5, 5.41) is 10.4. The predicted molar refractivity (Wildman–Crippen MR) is 77.0 cm³/mol. The number of hydrogen-bond donors (Lipinski definition) is 1. The van der Waals surface area contributed by atoms with Crippen LogP contribution in [0.1, 0.15) is 39.1 Å². The molecule has 1 N–H and O–H groups in total. The van der Waals surface area contributed by atoms with Crippen molar-refractivity contribution in [1.29, 1.82) is 0 Å². The van der Waals surface area contributed by atoms with Crippen molar-refractivity contribution in [3.05, 3.63) is 42.2 Å². The van der Waals surface area contributed by atoms with Gasteiger partial charge >= 0.3 is 0 Å². The highest BCUT2D eigenvalue weighted by molar-refractivity contribution is 9.11. The average Bonchev–Trinajstić information content (AvgIpc) is 2.93. The molecular weight excluding hydrogens is 316 g/mol. The molecule has 0 aromatic carbocycles. The van der Waals surface area contributed by atoms with Crippen molar-refractivity contribution in [1.82, 2.24) is 0 Å². The fraction of sp³-hybridized carbons (Fsp3) is 0.385. The zero-order chi connectivity index (χ0) is 11.8. The second-order valence-electron chi connectivity index (χ2n) is 4.35. The van der Waals surface area contributed by atoms with E-state index in [9.17, 15) is 5.11 Å². The van der Waals surface area contributed by atoms with Gasteiger partial charge < -0.3 is 5.11 Å². The van der Waals surface area contributed by atoms with Gasteiger partial charge in [-0.1, -0.05) is 0 Å². The molecule has 1 atom stereocenters. The Hall–Kier alpha value is -0.160. The van der Waals surface area contributed by atoms with Crippen LogP contribution in [0, 0.1) is 0 Å². The first-order valence-electron chi connectivity index (χ1n) is 5.79. The first-order chi connectivity index (χ1) is 8.24. The van der Waals surface area contributed by atoms with Gasteiger partial charge in [-0.2, -0.15) is 0 Å². The zero-order valence-corrected chi connectivity index (χ0v) is 12.5. The Morgan fingerprint density at radius 2 is 1.94 bits per heavy atom. The van der Waals surface area contributed by atoms with Crippen LogP contribution in [-0.2, 0) is 12.8 Å². The molecule has 1 nitrogen and oxygen atoms in total. The van der Waals surface area contributed by atoms with Gasteiger partial charge in [0.25, 0.3) is 0 Å². The van der Waals surface area contributed by atoms with Crippen molar-refractivity contribution < 1.29 is 5.11 Å². The summed E-state index contributed by atoms with van der Waals surface area (Å²) in [6, 6.07) is 6.20. The molecule has 1 aliphatic carbocycles. The first-order valence-corrected chi connectivity index (χ1v) is 8.21. The summed E-state index contributed by atoms with van der Waals surface area (Å²) in [6.45, 7) is 0. The van der Waals surface area contributed by atoms with E-state index in [1.165, 1.54) is 36.1 Å². The number of fused-ring (bicyclic) bond motifs is 1. The number of halogens is 1. The normalized spacial score (nSPS) is 16.8. The lowest BCUT2D eigenvalue weighted by molar-refractivity contribution is 0.228. The quantitative estimate of drug-likeness (QED) is 0.858. The number of rotatable bonds is 2. The number of aliphatic hydroxyl groups is 1. The lowest BCUT2D eigenvalue weighted by atomic mass is 9.99. The Morgan fingerprint density at radius 1 is 1.12 bits per heavy atom. The minimum Gasteiger partial charge on any atom is -0.382 e. The molecule has 17 heavy (non-hydrogen) atoms. The molecule has 90 valence electrons. The molecule has 2 aromatic rings. The van der Waals surface area contributed by atoms with E-state index in [1.54, 1.807) is 22.7 Å². The van der Waals surface area contributed by atoms with E-state index >= 15 is 0 Å². The maximum Gasteiger partial charge on any atom is 0.122 e. The second-order valence-corrected chi connectivity index (χ2v) is 8.01. The van der Waals surface area contributed by atoms with Gasteiger partial charge in [-0.05, 0) is 65.4 Å². The van der Waals surface area contributed by atoms with E-state index in [4.69, 9.17) is 0 Å². The van der Waals surface area contributed by atoms with Crippen LogP contribution >= 0.6 is 38.6 Å². The highest BCUT2D eigenvalue weighted by atomic mass is 79.9. The summed E-state index contributed by atoms with van der Waals surface area (Å²) in [6.07, 6.45) is 4.53. The van der Waals surface area contributed by atoms with Gasteiger partial charge in [-0.25, -0.2) is 0 Å². The lowest BCUT2D eigenvalue weighted by Gasteiger charge is -2.08. The third kappa shape index (κ3) is 2.36. The Balaban J connectivity index is 1.91. The van der Waals surface area contributed by atoms with Gasteiger partial charge in [0.2, 0.25) is 0 Å². The van der Waals surface area contributed by atoms with Crippen LogP contribution in [0.2, 0.25) is 0 Å². The first kappa shape index (κ1) is 11.9. The fourth-order valence-corrected chi connectivity index (χ4v) is 5.03. The number of thiophene rings is 2. The van der Waals surface area contributed by atoms with E-state index in [1.807, 2.05) is 12.1 Å². The minimum absolute atomic E-state index is 0.443. The SMILES string of the molecule is OC(c1ccc(Br)s1)c1cc2c(s1)CCCC2. The van der Waals surface area contributed by atoms with Crippen molar-refractivity contribution >= 4 is 38.6 Å². The van der Waals surface area contributed by atoms with Crippen molar-refractivity contribution in [2.45, 2.75) is 31.8 Å². The molecule has 2 heterocycles. The van der Waals surface area contributed by atoms with Gasteiger partial charge in [0.15, 0.2) is 0 Å². The Labute approximate surface area is 117 Å². The van der Waals surface area contributed by atoms with Gasteiger partial charge in [-0.15, -0.1) is 22.7 Å². The monoisotopic (exact) mass is 328 g/mol. The number of hydrogen-bond acceptors (Lipinski definition) is 3. The standard InChI is InChI=1S/C13H13BrOS2/c14-12-6-5-10(17-12)13(15)11-7-8-3-1-2-4-9(8)16-11/h5-7,13,15H,1-4H2. The highest BCUT2D eigenvalue weighted by Gasteiger charge is 2.19. The second kappa shape index (κ2) is 4.84. The largest absolute Gasteiger partial charge is 0.382 e. The van der Waals surface area contributed by atoms with Crippen LogP contribution in [-0.4, -0.2) is 5.11 Å². The van der Waals surface area contributed by atoms with E-state index < -0.39 is 6.10 Å². The molecule has 0 amide bonds. The smallest absolute Gasteiger partial charge is 0.122 e. The third-order valence-electron chi connectivity index (χ3n) is 3.15. The Bertz CT molecular complexity index is 506. The molecule has 0 spiro atoms. The van der Waals surface area contributed by atoms with E-state index in [0.29, 0.717) is 0 Å². The van der Waals surface area contributed by atoms with Crippen LogP contribution < -0.4 is 0 Å². The van der Waals surface area contributed by atoms with Crippen LogP contribution in [0.5, 0.6) is 0 Å². The average molecular weight is 329 g/mol. The van der Waals surface area contributed by atoms with Crippen LogP contribution in [0.3, 0.4) is 0 Å². The van der Waals surface area contributed by atoms with Crippen molar-refractivity contribution in [3.8, 4) is 0 Å². The summed E-state index contributed by atoms with van der Waals surface area (Å²) in [5.74, 6) is 0. The van der Waals surface area contributed by atoms with Crippen LogP contribution in [0.25, 0.3) is 0 Å². The maximum atomic E-state index is 10.4. The Kier molecular flexibility index (Phi) is 3.39. The molecular formula is C13H13BrOS2. The lowest BCUT2D eigenvalue weighted by Crippen LogP contribution is -1.96. The maximum absolute atomic E-state index is 10.4. The fourth-order valence-electron chi connectivity index (χ4n) is 2.26. The van der Waals surface area contributed by atoms with E-state index in [2.05, 4.69) is 22.0 Å². The Morgan fingerprint density at radius 3 is 2.65 bits per heavy atom. The topological polar surface area (TPSA) is 20.2 Å². The molecule has 0 saturated heterocycles. The van der Waals surface area contributed by atoms with Crippen molar-refractivity contribution in [2.75, 3.05) is 0 Å². The van der Waals surface area contributed by atoms with Crippen LogP contribution in [0.4, 0.5) is 0 Å². The molecule has 0 bridgehead atoms. The van der Waals surface area contributed by atoms with Gasteiger partial charge in [0, 0.05) is 14.6 Å². The molecule has 0 radical (unpaired) electrons. The molecule has 0 aliphatic heterocycles. The van der Waals surface area contributed by atoms with Crippen molar-refractivity contribution in [3.63, 3.8) is 0 Å². The summed E-state index contributed by atoms with van der Waals surface area (Å²) in [7, 11) is 0. The molecule has 0 saturated carbocycles. The van der Waals surface area contributed by atoms with Crippen molar-refractivity contribution in [2.24, 2.45) is 0 Å². The summed E-state index contributed by atoms with van der Waals surface area (Å²) >= 11 is 6.84. The van der Waals surface area contributed by atoms with E-state index in [-0.39, 0.29) is 0 Å². The molecule has 4 heteroatoms. The zero-order valence-electron chi connectivity index (χ0n) is 9.28. The molecule has 3 rings (SSSR count). The summed E-state index contributed by atoms with van der Waals surface area (Å²) in [5.41, 5.74) is 1.46. The number of aliphatic hydroxyl groups excluding tert-OH is 1. The number of aryl methyl sites for hydroxylation is 2. The van der Waals surface area contributed by atoms with Gasteiger partial charge in [0.05, 0.1) is 3.79 Å². The summed E-state index contributed by atoms with van der Waals surface area (Å²) in [4.78, 5) is 3.61. The minimum atomic E-state index is -0.443. The predicted octanol–water partition coefficient (Wildman–Crippen LogP) is 4.53. The summed E-state index contributed by atoms with van der Waals surface area (Å²) < 4.78 is 1.08. The van der Waals surface area contributed by atoms with E-state index in [0.717, 1.165) is 13.5 Å². The molecule has 0 fully saturated rings. The molecule has 1 unspecified atom stereocenters. The van der Waals surface area contributed by atoms with Gasteiger partial charge in [0.1, 0.15) is 6.10 Å².